The lowest BCUT2D eigenvalue weighted by Crippen LogP contribution is -2.27. The topological polar surface area (TPSA) is 30.3 Å². The van der Waals surface area contributed by atoms with Gasteiger partial charge in [-0.15, -0.1) is 0 Å². The van der Waals surface area contributed by atoms with E-state index in [9.17, 15) is 0 Å². The predicted molar refractivity (Wildman–Crippen MR) is 93.6 cm³/mol. The van der Waals surface area contributed by atoms with Crippen LogP contribution >= 0.6 is 0 Å². The van der Waals surface area contributed by atoms with Crippen molar-refractivity contribution in [3.05, 3.63) is 83.7 Å². The van der Waals surface area contributed by atoms with Gasteiger partial charge in [0, 0.05) is 44.0 Å². The van der Waals surface area contributed by atoms with Gasteiger partial charge in [0.2, 0.25) is 0 Å². The molecule has 1 atom stereocenters. The van der Waals surface area contributed by atoms with Crippen LogP contribution in [0.4, 0.5) is 0 Å². The zero-order chi connectivity index (χ0) is 16.4. The van der Waals surface area contributed by atoms with Gasteiger partial charge in [0.15, 0.2) is 0 Å². The lowest BCUT2D eigenvalue weighted by Gasteiger charge is -2.23. The average Bonchev–Trinajstić information content (AvgIpc) is 2.91. The molecular formula is C20H21N3O. The van der Waals surface area contributed by atoms with E-state index in [1.165, 1.54) is 16.7 Å². The van der Waals surface area contributed by atoms with Crippen molar-refractivity contribution in [3.63, 3.8) is 0 Å². The third-order valence-electron chi connectivity index (χ3n) is 4.40. The summed E-state index contributed by atoms with van der Waals surface area (Å²) in [5.74, 6) is 0.986. The third-order valence-corrected chi connectivity index (χ3v) is 4.40. The molecule has 4 rings (SSSR count). The van der Waals surface area contributed by atoms with Gasteiger partial charge in [0.25, 0.3) is 0 Å². The SMILES string of the molecule is Cn1cc(CN2Cc3ccccc3OC(c3ccccc3)C2)cn1. The molecule has 0 aliphatic carbocycles. The van der Waals surface area contributed by atoms with Crippen LogP contribution in [0.3, 0.4) is 0 Å². The van der Waals surface area contributed by atoms with E-state index in [4.69, 9.17) is 4.74 Å². The highest BCUT2D eigenvalue weighted by Gasteiger charge is 2.24. The number of aryl methyl sites for hydroxylation is 1. The van der Waals surface area contributed by atoms with Gasteiger partial charge in [-0.25, -0.2) is 0 Å². The molecule has 1 aliphatic rings. The van der Waals surface area contributed by atoms with Gasteiger partial charge >= 0.3 is 0 Å². The first-order valence-electron chi connectivity index (χ1n) is 8.27. The first-order chi connectivity index (χ1) is 11.8. The number of aromatic nitrogens is 2. The van der Waals surface area contributed by atoms with Crippen LogP contribution in [0.25, 0.3) is 0 Å². The smallest absolute Gasteiger partial charge is 0.136 e. The van der Waals surface area contributed by atoms with Gasteiger partial charge in [0.05, 0.1) is 6.20 Å². The molecule has 2 aromatic carbocycles. The molecule has 4 heteroatoms. The van der Waals surface area contributed by atoms with E-state index < -0.39 is 0 Å². The lowest BCUT2D eigenvalue weighted by molar-refractivity contribution is 0.144. The van der Waals surface area contributed by atoms with E-state index in [2.05, 4.69) is 58.7 Å². The van der Waals surface area contributed by atoms with Crippen molar-refractivity contribution in [2.24, 2.45) is 7.05 Å². The van der Waals surface area contributed by atoms with Crippen LogP contribution in [-0.4, -0.2) is 21.2 Å². The fourth-order valence-electron chi connectivity index (χ4n) is 3.25. The quantitative estimate of drug-likeness (QED) is 0.739. The molecule has 0 spiro atoms. The summed E-state index contributed by atoms with van der Waals surface area (Å²) in [6.07, 6.45) is 4.05. The highest BCUT2D eigenvalue weighted by atomic mass is 16.5. The van der Waals surface area contributed by atoms with Crippen LogP contribution in [0.2, 0.25) is 0 Å². The van der Waals surface area contributed by atoms with Crippen LogP contribution in [0, 0.1) is 0 Å². The van der Waals surface area contributed by atoms with E-state index >= 15 is 0 Å². The second kappa shape index (κ2) is 6.49. The van der Waals surface area contributed by atoms with Crippen molar-refractivity contribution in [3.8, 4) is 5.75 Å². The van der Waals surface area contributed by atoms with Crippen molar-refractivity contribution in [1.29, 1.82) is 0 Å². The van der Waals surface area contributed by atoms with Crippen LogP contribution < -0.4 is 4.74 Å². The number of benzene rings is 2. The Bertz CT molecular complexity index is 813. The summed E-state index contributed by atoms with van der Waals surface area (Å²) in [6, 6.07) is 18.8. The Balaban J connectivity index is 1.64. The monoisotopic (exact) mass is 319 g/mol. The Morgan fingerprint density at radius 2 is 1.88 bits per heavy atom. The fourth-order valence-corrected chi connectivity index (χ4v) is 3.25. The molecule has 0 radical (unpaired) electrons. The molecule has 1 aromatic heterocycles. The van der Waals surface area contributed by atoms with E-state index in [1.807, 2.05) is 30.1 Å². The largest absolute Gasteiger partial charge is 0.484 e. The first kappa shape index (κ1) is 15.0. The van der Waals surface area contributed by atoms with E-state index in [0.717, 1.165) is 25.4 Å². The van der Waals surface area contributed by atoms with Crippen LogP contribution in [-0.2, 0) is 20.1 Å². The number of ether oxygens (including phenoxy) is 1. The van der Waals surface area contributed by atoms with Crippen molar-refractivity contribution in [2.75, 3.05) is 6.54 Å². The molecule has 1 unspecified atom stereocenters. The minimum atomic E-state index is 0.0338. The third kappa shape index (κ3) is 3.19. The zero-order valence-electron chi connectivity index (χ0n) is 13.8. The maximum atomic E-state index is 6.35. The summed E-state index contributed by atoms with van der Waals surface area (Å²) in [4.78, 5) is 2.43. The molecule has 3 aromatic rings. The molecule has 2 heterocycles. The first-order valence-corrected chi connectivity index (χ1v) is 8.27. The second-order valence-electron chi connectivity index (χ2n) is 6.32. The van der Waals surface area contributed by atoms with Crippen LogP contribution in [0.1, 0.15) is 22.8 Å². The molecule has 0 N–H and O–H groups in total. The van der Waals surface area contributed by atoms with Crippen molar-refractivity contribution < 1.29 is 4.74 Å². The number of hydrogen-bond donors (Lipinski definition) is 0. The zero-order valence-corrected chi connectivity index (χ0v) is 13.8. The number of fused-ring (bicyclic) bond motifs is 1. The number of nitrogens with zero attached hydrogens (tertiary/aromatic N) is 3. The summed E-state index contributed by atoms with van der Waals surface area (Å²) in [5, 5.41) is 4.29. The van der Waals surface area contributed by atoms with Gasteiger partial charge < -0.3 is 4.74 Å². The van der Waals surface area contributed by atoms with Gasteiger partial charge in [-0.3, -0.25) is 9.58 Å². The molecule has 0 bridgehead atoms. The molecule has 1 aliphatic heterocycles. The molecule has 0 fully saturated rings. The summed E-state index contributed by atoms with van der Waals surface area (Å²) < 4.78 is 8.21. The Morgan fingerprint density at radius 1 is 1.08 bits per heavy atom. The summed E-state index contributed by atoms with van der Waals surface area (Å²) in [6.45, 7) is 2.61. The van der Waals surface area contributed by atoms with E-state index in [-0.39, 0.29) is 6.10 Å². The Hall–Kier alpha value is -2.59. The maximum absolute atomic E-state index is 6.35. The normalized spacial score (nSPS) is 17.8. The van der Waals surface area contributed by atoms with Gasteiger partial charge in [-0.05, 0) is 11.6 Å². The van der Waals surface area contributed by atoms with Gasteiger partial charge in [-0.1, -0.05) is 48.5 Å². The molecule has 0 saturated heterocycles. The van der Waals surface area contributed by atoms with Crippen LogP contribution in [0.15, 0.2) is 67.0 Å². The molecule has 0 amide bonds. The number of hydrogen-bond acceptors (Lipinski definition) is 3. The predicted octanol–water partition coefficient (Wildman–Crippen LogP) is 3.56. The second-order valence-corrected chi connectivity index (χ2v) is 6.32. The molecule has 122 valence electrons. The molecule has 24 heavy (non-hydrogen) atoms. The van der Waals surface area contributed by atoms with Crippen molar-refractivity contribution in [1.82, 2.24) is 14.7 Å². The molecular weight excluding hydrogens is 298 g/mol. The highest BCUT2D eigenvalue weighted by molar-refractivity contribution is 5.35. The molecule has 0 saturated carbocycles. The number of para-hydroxylation sites is 1. The highest BCUT2D eigenvalue weighted by Crippen LogP contribution is 2.31. The lowest BCUT2D eigenvalue weighted by atomic mass is 10.1. The average molecular weight is 319 g/mol. The summed E-state index contributed by atoms with van der Waals surface area (Å²) in [5.41, 5.74) is 3.67. The summed E-state index contributed by atoms with van der Waals surface area (Å²) >= 11 is 0. The van der Waals surface area contributed by atoms with Gasteiger partial charge in [-0.2, -0.15) is 5.10 Å². The fraction of sp³-hybridized carbons (Fsp3) is 0.250. The number of rotatable bonds is 3. The van der Waals surface area contributed by atoms with E-state index in [1.54, 1.807) is 0 Å². The Morgan fingerprint density at radius 3 is 2.67 bits per heavy atom. The van der Waals surface area contributed by atoms with E-state index in [0.29, 0.717) is 0 Å². The summed E-state index contributed by atoms with van der Waals surface area (Å²) in [7, 11) is 1.96. The van der Waals surface area contributed by atoms with Crippen LogP contribution in [0.5, 0.6) is 5.75 Å². The standard InChI is InChI=1S/C20H21N3O/c1-22-12-16(11-21-22)13-23-14-18-9-5-6-10-19(18)24-20(15-23)17-7-3-2-4-8-17/h2-12,20H,13-15H2,1H3. The van der Waals surface area contributed by atoms with Crippen molar-refractivity contribution >= 4 is 0 Å². The minimum absolute atomic E-state index is 0.0338. The van der Waals surface area contributed by atoms with Gasteiger partial charge in [0.1, 0.15) is 11.9 Å². The molecule has 4 nitrogen and oxygen atoms in total. The Labute approximate surface area is 142 Å². The minimum Gasteiger partial charge on any atom is -0.484 e. The maximum Gasteiger partial charge on any atom is 0.136 e. The Kier molecular flexibility index (Phi) is 4.05. The van der Waals surface area contributed by atoms with Crippen molar-refractivity contribution in [2.45, 2.75) is 19.2 Å².